The van der Waals surface area contributed by atoms with Crippen molar-refractivity contribution in [1.29, 1.82) is 0 Å². The van der Waals surface area contributed by atoms with E-state index in [1.807, 2.05) is 4.72 Å². The highest BCUT2D eigenvalue weighted by molar-refractivity contribution is 9.10. The molecular weight excluding hydrogens is 372 g/mol. The van der Waals surface area contributed by atoms with Gasteiger partial charge in [0.05, 0.1) is 16.4 Å². The molecule has 0 fully saturated rings. The van der Waals surface area contributed by atoms with Crippen molar-refractivity contribution in [3.05, 3.63) is 32.8 Å². The number of nitro benzene ring substituents is 1. The van der Waals surface area contributed by atoms with Gasteiger partial charge in [-0.2, -0.15) is 0 Å². The van der Waals surface area contributed by atoms with E-state index in [2.05, 4.69) is 15.9 Å². The standard InChI is InChI=1S/C10H11BrN2O7S/c1-10(16,9(14)15)5-12-21(19,20)8-3-6(11)2-7(4-8)13(17)18/h2-4,12,16H,5H2,1H3,(H,14,15). The number of hydrogen-bond donors (Lipinski definition) is 3. The Bertz CT molecular complexity index is 687. The first-order valence-corrected chi connectivity index (χ1v) is 7.64. The van der Waals surface area contributed by atoms with Gasteiger partial charge in [0.1, 0.15) is 0 Å². The maximum Gasteiger partial charge on any atom is 0.336 e. The van der Waals surface area contributed by atoms with Crippen molar-refractivity contribution >= 4 is 37.6 Å². The number of hydrogen-bond acceptors (Lipinski definition) is 6. The van der Waals surface area contributed by atoms with E-state index >= 15 is 0 Å². The van der Waals surface area contributed by atoms with E-state index < -0.39 is 43.6 Å². The lowest BCUT2D eigenvalue weighted by Crippen LogP contribution is -2.46. The molecule has 0 aliphatic heterocycles. The van der Waals surface area contributed by atoms with E-state index in [4.69, 9.17) is 5.11 Å². The number of aliphatic carboxylic acids is 1. The van der Waals surface area contributed by atoms with Crippen LogP contribution in [0.1, 0.15) is 6.92 Å². The molecule has 1 aromatic rings. The molecule has 116 valence electrons. The predicted octanol–water partition coefficient (Wildman–Crippen LogP) is 0.471. The Hall–Kier alpha value is -1.56. The third-order valence-electron chi connectivity index (χ3n) is 2.44. The van der Waals surface area contributed by atoms with E-state index in [0.717, 1.165) is 25.1 Å². The number of carboxylic acids is 1. The summed E-state index contributed by atoms with van der Waals surface area (Å²) in [5, 5.41) is 28.8. The SMILES string of the molecule is CC(O)(CNS(=O)(=O)c1cc(Br)cc([N+](=O)[O-])c1)C(=O)O. The van der Waals surface area contributed by atoms with Gasteiger partial charge in [-0.05, 0) is 13.0 Å². The number of sulfonamides is 1. The van der Waals surface area contributed by atoms with Crippen LogP contribution in [0.25, 0.3) is 0 Å². The number of rotatable bonds is 6. The summed E-state index contributed by atoms with van der Waals surface area (Å²) in [7, 11) is -4.21. The molecule has 9 nitrogen and oxygen atoms in total. The van der Waals surface area contributed by atoms with Gasteiger partial charge in [-0.15, -0.1) is 0 Å². The molecular formula is C10H11BrN2O7S. The van der Waals surface area contributed by atoms with Crippen molar-refractivity contribution < 1.29 is 28.3 Å². The number of nitro groups is 1. The van der Waals surface area contributed by atoms with E-state index in [9.17, 15) is 28.4 Å². The molecule has 11 heteroatoms. The van der Waals surface area contributed by atoms with Gasteiger partial charge in [-0.3, -0.25) is 10.1 Å². The van der Waals surface area contributed by atoms with E-state index in [1.54, 1.807) is 0 Å². The Kier molecular flexibility index (Phi) is 5.04. The zero-order valence-electron chi connectivity index (χ0n) is 10.6. The normalized spacial score (nSPS) is 14.4. The maximum atomic E-state index is 12.0. The summed E-state index contributed by atoms with van der Waals surface area (Å²) in [6.45, 7) is 0.131. The second-order valence-electron chi connectivity index (χ2n) is 4.31. The third-order valence-corrected chi connectivity index (χ3v) is 4.28. The van der Waals surface area contributed by atoms with Crippen LogP contribution in [0.4, 0.5) is 5.69 Å². The lowest BCUT2D eigenvalue weighted by atomic mass is 10.1. The van der Waals surface area contributed by atoms with Gasteiger partial charge in [-0.1, -0.05) is 15.9 Å². The molecule has 0 aliphatic carbocycles. The number of nitrogens with one attached hydrogen (secondary N) is 1. The Labute approximate surface area is 127 Å². The van der Waals surface area contributed by atoms with E-state index in [-0.39, 0.29) is 4.47 Å². The Balaban J connectivity index is 3.09. The second kappa shape index (κ2) is 6.05. The minimum atomic E-state index is -4.21. The molecule has 0 saturated heterocycles. The molecule has 0 aliphatic rings. The molecule has 1 rings (SSSR count). The topological polar surface area (TPSA) is 147 Å². The first kappa shape index (κ1) is 17.5. The second-order valence-corrected chi connectivity index (χ2v) is 6.99. The van der Waals surface area contributed by atoms with Crippen LogP contribution >= 0.6 is 15.9 Å². The van der Waals surface area contributed by atoms with Crippen molar-refractivity contribution in [2.75, 3.05) is 6.54 Å². The molecule has 1 atom stereocenters. The van der Waals surface area contributed by atoms with Crippen molar-refractivity contribution in [2.24, 2.45) is 0 Å². The minimum Gasteiger partial charge on any atom is -0.479 e. The summed E-state index contributed by atoms with van der Waals surface area (Å²) in [4.78, 5) is 20.2. The van der Waals surface area contributed by atoms with E-state index in [1.165, 1.54) is 0 Å². The first-order chi connectivity index (χ1) is 9.45. The highest BCUT2D eigenvalue weighted by Crippen LogP contribution is 2.24. The minimum absolute atomic E-state index is 0.169. The van der Waals surface area contributed by atoms with Crippen LogP contribution in [0.15, 0.2) is 27.6 Å². The van der Waals surface area contributed by atoms with Crippen LogP contribution in [-0.4, -0.2) is 41.7 Å². The largest absolute Gasteiger partial charge is 0.479 e. The van der Waals surface area contributed by atoms with Crippen LogP contribution in [0.2, 0.25) is 0 Å². The average Bonchev–Trinajstić information content (AvgIpc) is 2.35. The van der Waals surface area contributed by atoms with Crippen molar-refractivity contribution in [2.45, 2.75) is 17.4 Å². The smallest absolute Gasteiger partial charge is 0.336 e. The molecule has 21 heavy (non-hydrogen) atoms. The lowest BCUT2D eigenvalue weighted by Gasteiger charge is -2.18. The summed E-state index contributed by atoms with van der Waals surface area (Å²) < 4.78 is 26.0. The van der Waals surface area contributed by atoms with Crippen LogP contribution in [0, 0.1) is 10.1 Å². The van der Waals surface area contributed by atoms with Gasteiger partial charge in [0.25, 0.3) is 5.69 Å². The van der Waals surface area contributed by atoms with Gasteiger partial charge in [0, 0.05) is 16.6 Å². The molecule has 0 spiro atoms. The maximum absolute atomic E-state index is 12.0. The fourth-order valence-corrected chi connectivity index (χ4v) is 3.03. The number of carbonyl (C=O) groups is 1. The molecule has 3 N–H and O–H groups in total. The summed E-state index contributed by atoms with van der Waals surface area (Å²) in [5.41, 5.74) is -2.75. The highest BCUT2D eigenvalue weighted by atomic mass is 79.9. The van der Waals surface area contributed by atoms with Crippen LogP contribution < -0.4 is 4.72 Å². The molecule has 0 radical (unpaired) electrons. The van der Waals surface area contributed by atoms with Gasteiger partial charge in [-0.25, -0.2) is 17.9 Å². The average molecular weight is 383 g/mol. The molecule has 1 unspecified atom stereocenters. The quantitative estimate of drug-likeness (QED) is 0.478. The molecule has 0 bridgehead atoms. The highest BCUT2D eigenvalue weighted by Gasteiger charge is 2.32. The Morgan fingerprint density at radius 3 is 2.52 bits per heavy atom. The Morgan fingerprint density at radius 2 is 2.05 bits per heavy atom. The number of nitrogens with zero attached hydrogens (tertiary/aromatic N) is 1. The van der Waals surface area contributed by atoms with Gasteiger partial charge < -0.3 is 10.2 Å². The zero-order valence-corrected chi connectivity index (χ0v) is 13.0. The molecule has 0 heterocycles. The van der Waals surface area contributed by atoms with Crippen LogP contribution in [0.3, 0.4) is 0 Å². The van der Waals surface area contributed by atoms with Gasteiger partial charge >= 0.3 is 5.97 Å². The molecule has 0 amide bonds. The zero-order chi connectivity index (χ0) is 16.4. The van der Waals surface area contributed by atoms with E-state index in [0.29, 0.717) is 0 Å². The molecule has 0 aromatic heterocycles. The monoisotopic (exact) mass is 382 g/mol. The van der Waals surface area contributed by atoms with Crippen LogP contribution in [-0.2, 0) is 14.8 Å². The number of carboxylic acid groups (broad SMARTS) is 1. The fourth-order valence-electron chi connectivity index (χ4n) is 1.20. The lowest BCUT2D eigenvalue weighted by molar-refractivity contribution is -0.385. The van der Waals surface area contributed by atoms with Gasteiger partial charge in [0.15, 0.2) is 5.60 Å². The number of benzene rings is 1. The van der Waals surface area contributed by atoms with Gasteiger partial charge in [0.2, 0.25) is 10.0 Å². The molecule has 1 aromatic carbocycles. The third kappa shape index (κ3) is 4.46. The fraction of sp³-hybridized carbons (Fsp3) is 0.300. The summed E-state index contributed by atoms with van der Waals surface area (Å²) in [6, 6.07) is 3.06. The van der Waals surface area contributed by atoms with Crippen molar-refractivity contribution in [3.8, 4) is 0 Å². The summed E-state index contributed by atoms with van der Waals surface area (Å²) >= 11 is 2.95. The number of aliphatic hydroxyl groups is 1. The summed E-state index contributed by atoms with van der Waals surface area (Å²) in [5.74, 6) is -1.61. The van der Waals surface area contributed by atoms with Crippen molar-refractivity contribution in [3.63, 3.8) is 0 Å². The van der Waals surface area contributed by atoms with Crippen molar-refractivity contribution in [1.82, 2.24) is 4.72 Å². The Morgan fingerprint density at radius 1 is 1.48 bits per heavy atom. The number of halogens is 1. The predicted molar refractivity (Wildman–Crippen MR) is 74.2 cm³/mol. The molecule has 0 saturated carbocycles. The first-order valence-electron chi connectivity index (χ1n) is 5.36. The van der Waals surface area contributed by atoms with Crippen LogP contribution in [0.5, 0.6) is 0 Å². The summed E-state index contributed by atoms with van der Waals surface area (Å²) in [6.07, 6.45) is 0. The number of non-ortho nitro benzene ring substituents is 1.